The van der Waals surface area contributed by atoms with Gasteiger partial charge in [-0.3, -0.25) is 14.3 Å². The molecule has 9 nitrogen and oxygen atoms in total. The lowest BCUT2D eigenvalue weighted by Gasteiger charge is -2.01. The van der Waals surface area contributed by atoms with E-state index in [4.69, 9.17) is 5.11 Å². The van der Waals surface area contributed by atoms with Crippen LogP contribution in [0.2, 0.25) is 0 Å². The Morgan fingerprint density at radius 3 is 2.79 bits per heavy atom. The average Bonchev–Trinajstić information content (AvgIpc) is 2.86. The van der Waals surface area contributed by atoms with E-state index in [0.29, 0.717) is 5.82 Å². The molecular weight excluding hydrogens is 252 g/mol. The van der Waals surface area contributed by atoms with Crippen LogP contribution in [-0.4, -0.2) is 41.8 Å². The van der Waals surface area contributed by atoms with Gasteiger partial charge < -0.3 is 10.4 Å². The van der Waals surface area contributed by atoms with Crippen molar-refractivity contribution in [1.29, 1.82) is 0 Å². The highest BCUT2D eigenvalue weighted by Crippen LogP contribution is 2.09. The summed E-state index contributed by atoms with van der Waals surface area (Å²) in [5, 5.41) is 22.4. The largest absolute Gasteiger partial charge is 0.480 e. The quantitative estimate of drug-likeness (QED) is 0.780. The molecule has 2 aromatic rings. The zero-order valence-electron chi connectivity index (χ0n) is 10.4. The van der Waals surface area contributed by atoms with Gasteiger partial charge in [0.1, 0.15) is 12.4 Å². The van der Waals surface area contributed by atoms with Crippen LogP contribution < -0.4 is 5.32 Å². The number of carboxylic acids is 1. The number of carbonyl (C=O) groups is 2. The highest BCUT2D eigenvalue weighted by atomic mass is 16.4. The summed E-state index contributed by atoms with van der Waals surface area (Å²) in [6, 6.07) is 1.71. The Hall–Kier alpha value is -2.71. The summed E-state index contributed by atoms with van der Waals surface area (Å²) in [6.07, 6.45) is 1.27. The van der Waals surface area contributed by atoms with E-state index in [2.05, 4.69) is 20.7 Å². The normalized spacial score (nSPS) is 10.4. The number of aliphatic carboxylic acids is 1. The van der Waals surface area contributed by atoms with Crippen molar-refractivity contribution in [2.24, 2.45) is 7.05 Å². The second-order valence-electron chi connectivity index (χ2n) is 3.94. The Labute approximate surface area is 107 Å². The molecule has 2 aromatic heterocycles. The Morgan fingerprint density at radius 2 is 2.21 bits per heavy atom. The van der Waals surface area contributed by atoms with Crippen molar-refractivity contribution in [3.63, 3.8) is 0 Å². The van der Waals surface area contributed by atoms with Crippen molar-refractivity contribution in [1.82, 2.24) is 24.8 Å². The number of amides is 1. The van der Waals surface area contributed by atoms with Gasteiger partial charge in [-0.25, -0.2) is 4.68 Å². The monoisotopic (exact) mass is 264 g/mol. The van der Waals surface area contributed by atoms with E-state index in [0.717, 1.165) is 10.4 Å². The number of carboxylic acid groups (broad SMARTS) is 1. The van der Waals surface area contributed by atoms with Crippen LogP contribution in [0.25, 0.3) is 0 Å². The fourth-order valence-corrected chi connectivity index (χ4v) is 1.53. The molecule has 0 aromatic carbocycles. The molecule has 0 aliphatic rings. The molecule has 0 spiro atoms. The summed E-state index contributed by atoms with van der Waals surface area (Å²) >= 11 is 0. The van der Waals surface area contributed by atoms with Crippen LogP contribution in [0.1, 0.15) is 16.2 Å². The first-order valence-corrected chi connectivity index (χ1v) is 5.39. The summed E-state index contributed by atoms with van der Waals surface area (Å²) in [5.74, 6) is -1.01. The zero-order chi connectivity index (χ0) is 14.0. The standard InChI is InChI=1S/C10H12N6O3/c1-6-3-8(15(2)13-6)11-10(19)7-4-16(14-12-7)5-9(17)18/h3-4H,5H2,1-2H3,(H,11,19)(H,17,18). The minimum absolute atomic E-state index is 0.0418. The molecule has 0 saturated heterocycles. The molecule has 0 atom stereocenters. The van der Waals surface area contributed by atoms with Crippen molar-refractivity contribution >= 4 is 17.7 Å². The van der Waals surface area contributed by atoms with E-state index in [1.54, 1.807) is 20.0 Å². The smallest absolute Gasteiger partial charge is 0.325 e. The third kappa shape index (κ3) is 2.94. The van der Waals surface area contributed by atoms with E-state index >= 15 is 0 Å². The van der Waals surface area contributed by atoms with Gasteiger partial charge in [0.05, 0.1) is 11.9 Å². The number of hydrogen-bond donors (Lipinski definition) is 2. The van der Waals surface area contributed by atoms with E-state index in [1.165, 1.54) is 10.9 Å². The predicted molar refractivity (Wildman–Crippen MR) is 63.6 cm³/mol. The van der Waals surface area contributed by atoms with Crippen LogP contribution in [0.3, 0.4) is 0 Å². The molecule has 0 radical (unpaired) electrons. The zero-order valence-corrected chi connectivity index (χ0v) is 10.4. The Kier molecular flexibility index (Phi) is 3.27. The van der Waals surface area contributed by atoms with Gasteiger partial charge in [-0.05, 0) is 6.92 Å². The summed E-state index contributed by atoms with van der Waals surface area (Å²) in [4.78, 5) is 22.3. The molecule has 100 valence electrons. The van der Waals surface area contributed by atoms with Crippen LogP contribution >= 0.6 is 0 Å². The first-order valence-electron chi connectivity index (χ1n) is 5.39. The number of anilines is 1. The van der Waals surface area contributed by atoms with E-state index < -0.39 is 11.9 Å². The average molecular weight is 264 g/mol. The van der Waals surface area contributed by atoms with Crippen LogP contribution in [0.5, 0.6) is 0 Å². The lowest BCUT2D eigenvalue weighted by atomic mass is 10.4. The SMILES string of the molecule is Cc1cc(NC(=O)c2cn(CC(=O)O)nn2)n(C)n1. The van der Waals surface area contributed by atoms with E-state index in [1.807, 2.05) is 0 Å². The fraction of sp³-hybridized carbons (Fsp3) is 0.300. The highest BCUT2D eigenvalue weighted by molar-refractivity contribution is 6.02. The summed E-state index contributed by atoms with van der Waals surface area (Å²) in [7, 11) is 1.70. The van der Waals surface area contributed by atoms with Crippen molar-refractivity contribution in [2.75, 3.05) is 5.32 Å². The van der Waals surface area contributed by atoms with Crippen LogP contribution in [-0.2, 0) is 18.4 Å². The maximum Gasteiger partial charge on any atom is 0.325 e. The second-order valence-corrected chi connectivity index (χ2v) is 3.94. The molecule has 2 N–H and O–H groups in total. The van der Waals surface area contributed by atoms with Crippen LogP contribution in [0, 0.1) is 6.92 Å². The topological polar surface area (TPSA) is 115 Å². The van der Waals surface area contributed by atoms with Crippen LogP contribution in [0.15, 0.2) is 12.3 Å². The third-order valence-corrected chi connectivity index (χ3v) is 2.31. The number of rotatable bonds is 4. The molecule has 0 unspecified atom stereocenters. The molecule has 19 heavy (non-hydrogen) atoms. The van der Waals surface area contributed by atoms with Crippen molar-refractivity contribution < 1.29 is 14.7 Å². The summed E-state index contributed by atoms with van der Waals surface area (Å²) in [5.41, 5.74) is 0.812. The van der Waals surface area contributed by atoms with Gasteiger partial charge in [-0.2, -0.15) is 5.10 Å². The lowest BCUT2D eigenvalue weighted by molar-refractivity contribution is -0.137. The van der Waals surface area contributed by atoms with Crippen LogP contribution in [0.4, 0.5) is 5.82 Å². The van der Waals surface area contributed by atoms with Gasteiger partial charge in [-0.1, -0.05) is 5.21 Å². The number of aryl methyl sites for hydroxylation is 2. The van der Waals surface area contributed by atoms with Gasteiger partial charge >= 0.3 is 5.97 Å². The van der Waals surface area contributed by atoms with Gasteiger partial charge in [0.15, 0.2) is 5.69 Å². The molecule has 9 heteroatoms. The Bertz CT molecular complexity index is 629. The lowest BCUT2D eigenvalue weighted by Crippen LogP contribution is -2.15. The Balaban J connectivity index is 2.09. The molecule has 0 bridgehead atoms. The van der Waals surface area contributed by atoms with Crippen molar-refractivity contribution in [3.05, 3.63) is 23.7 Å². The molecule has 0 fully saturated rings. The van der Waals surface area contributed by atoms with Crippen molar-refractivity contribution in [2.45, 2.75) is 13.5 Å². The van der Waals surface area contributed by atoms with Gasteiger partial charge in [0.2, 0.25) is 0 Å². The molecule has 0 aliphatic heterocycles. The number of aromatic nitrogens is 5. The fourth-order valence-electron chi connectivity index (χ4n) is 1.53. The molecule has 2 rings (SSSR count). The third-order valence-electron chi connectivity index (χ3n) is 2.31. The van der Waals surface area contributed by atoms with Crippen molar-refractivity contribution in [3.8, 4) is 0 Å². The van der Waals surface area contributed by atoms with Gasteiger partial charge in [0.25, 0.3) is 5.91 Å². The molecule has 0 aliphatic carbocycles. The van der Waals surface area contributed by atoms with E-state index in [9.17, 15) is 9.59 Å². The summed E-state index contributed by atoms with van der Waals surface area (Å²) in [6.45, 7) is 1.46. The maximum absolute atomic E-state index is 11.9. The maximum atomic E-state index is 11.9. The second kappa shape index (κ2) is 4.88. The van der Waals surface area contributed by atoms with Gasteiger partial charge in [-0.15, -0.1) is 5.10 Å². The first-order chi connectivity index (χ1) is 8.95. The van der Waals surface area contributed by atoms with E-state index in [-0.39, 0.29) is 12.2 Å². The molecule has 0 saturated carbocycles. The van der Waals surface area contributed by atoms with Gasteiger partial charge in [0, 0.05) is 13.1 Å². The number of nitrogens with one attached hydrogen (secondary N) is 1. The first kappa shape index (κ1) is 12.7. The number of hydrogen-bond acceptors (Lipinski definition) is 5. The number of carbonyl (C=O) groups excluding carboxylic acids is 1. The molecule has 1 amide bonds. The summed E-state index contributed by atoms with van der Waals surface area (Å²) < 4.78 is 2.60. The minimum Gasteiger partial charge on any atom is -0.480 e. The Morgan fingerprint density at radius 1 is 1.47 bits per heavy atom. The molecular formula is C10H12N6O3. The molecule has 2 heterocycles. The minimum atomic E-state index is -1.06. The highest BCUT2D eigenvalue weighted by Gasteiger charge is 2.14. The number of nitrogens with zero attached hydrogens (tertiary/aromatic N) is 5. The predicted octanol–water partition coefficient (Wildman–Crippen LogP) is -0.343.